The average molecular weight is 389 g/mol. The number of rotatable bonds is 3. The summed E-state index contributed by atoms with van der Waals surface area (Å²) in [7, 11) is 0. The van der Waals surface area contributed by atoms with Crippen LogP contribution in [0.1, 0.15) is 12.0 Å². The third kappa shape index (κ3) is 3.13. The van der Waals surface area contributed by atoms with Gasteiger partial charge in [0.05, 0.1) is 17.9 Å². The molecular weight excluding hydrogens is 369 g/mol. The first-order valence-corrected chi connectivity index (χ1v) is 9.60. The number of aliphatic hydroxyl groups excluding tert-OH is 1. The number of hydrogen-bond donors (Lipinski definition) is 2. The summed E-state index contributed by atoms with van der Waals surface area (Å²) < 4.78 is 14.4. The topological polar surface area (TPSA) is 77.9 Å². The van der Waals surface area contributed by atoms with Crippen LogP contribution < -0.4 is 4.90 Å². The second-order valence-electron chi connectivity index (χ2n) is 7.40. The number of H-pyrrole nitrogens is 1. The Bertz CT molecular complexity index is 1170. The Labute approximate surface area is 167 Å². The lowest BCUT2D eigenvalue weighted by molar-refractivity contribution is 0.198. The normalized spacial score (nSPS) is 16.7. The lowest BCUT2D eigenvalue weighted by atomic mass is 10.1. The predicted octanol–water partition coefficient (Wildman–Crippen LogP) is 3.71. The second-order valence-corrected chi connectivity index (χ2v) is 7.40. The lowest BCUT2D eigenvalue weighted by Gasteiger charge is -2.17. The van der Waals surface area contributed by atoms with Crippen molar-refractivity contribution in [1.82, 2.24) is 20.2 Å². The number of benzene rings is 2. The third-order valence-corrected chi connectivity index (χ3v) is 5.42. The minimum Gasteiger partial charge on any atom is -0.391 e. The minimum absolute atomic E-state index is 0.262. The zero-order chi connectivity index (χ0) is 20.0. The van der Waals surface area contributed by atoms with Gasteiger partial charge in [-0.15, -0.1) is 0 Å². The van der Waals surface area contributed by atoms with E-state index < -0.39 is 0 Å². The van der Waals surface area contributed by atoms with E-state index >= 15 is 0 Å². The van der Waals surface area contributed by atoms with E-state index in [4.69, 9.17) is 0 Å². The van der Waals surface area contributed by atoms with Crippen molar-refractivity contribution < 1.29 is 9.50 Å². The molecule has 5 rings (SSSR count). The van der Waals surface area contributed by atoms with Gasteiger partial charge in [0.1, 0.15) is 22.5 Å². The monoisotopic (exact) mass is 389 g/mol. The number of nitrogens with zero attached hydrogens (tertiary/aromatic N) is 4. The Kier molecular flexibility index (Phi) is 4.24. The van der Waals surface area contributed by atoms with Gasteiger partial charge in [-0.25, -0.2) is 14.4 Å². The van der Waals surface area contributed by atoms with Crippen LogP contribution >= 0.6 is 0 Å². The van der Waals surface area contributed by atoms with Gasteiger partial charge in [-0.05, 0) is 37.1 Å². The Morgan fingerprint density at radius 3 is 2.72 bits per heavy atom. The number of β-amino-alcohol motifs (C(OH)–C–C–N with tert-alkyl or cyclic N) is 1. The number of nitrogens with one attached hydrogen (secondary N) is 1. The molecule has 1 unspecified atom stereocenters. The molecule has 0 radical (unpaired) electrons. The summed E-state index contributed by atoms with van der Waals surface area (Å²) in [6.45, 7) is 3.35. The minimum atomic E-state index is -0.341. The number of aliphatic hydroxyl groups is 1. The molecule has 4 aromatic rings. The molecule has 1 atom stereocenters. The maximum atomic E-state index is 14.4. The van der Waals surface area contributed by atoms with Gasteiger partial charge >= 0.3 is 0 Å². The number of fused-ring (bicyclic) bond motifs is 1. The smallest absolute Gasteiger partial charge is 0.163 e. The fourth-order valence-electron chi connectivity index (χ4n) is 3.86. The summed E-state index contributed by atoms with van der Waals surface area (Å²) >= 11 is 0. The van der Waals surface area contributed by atoms with E-state index in [1.165, 1.54) is 6.07 Å². The van der Waals surface area contributed by atoms with Crippen LogP contribution in [-0.2, 0) is 0 Å². The van der Waals surface area contributed by atoms with Crippen LogP contribution in [0.25, 0.3) is 33.7 Å². The van der Waals surface area contributed by atoms with Crippen LogP contribution in [0.15, 0.2) is 48.7 Å². The van der Waals surface area contributed by atoms with Crippen molar-refractivity contribution in [2.75, 3.05) is 18.0 Å². The summed E-state index contributed by atoms with van der Waals surface area (Å²) in [6, 6.07) is 13.0. The molecule has 0 saturated carbocycles. The zero-order valence-electron chi connectivity index (χ0n) is 15.9. The van der Waals surface area contributed by atoms with Gasteiger partial charge in [0.15, 0.2) is 5.82 Å². The van der Waals surface area contributed by atoms with Gasteiger partial charge in [0, 0.05) is 24.3 Å². The van der Waals surface area contributed by atoms with Gasteiger partial charge in [-0.2, -0.15) is 5.10 Å². The van der Waals surface area contributed by atoms with Gasteiger partial charge in [0.2, 0.25) is 0 Å². The number of halogens is 1. The van der Waals surface area contributed by atoms with Crippen LogP contribution in [0.5, 0.6) is 0 Å². The summed E-state index contributed by atoms with van der Waals surface area (Å²) in [5.74, 6) is 0.00460. The fraction of sp³-hybridized carbons (Fsp3) is 0.227. The summed E-state index contributed by atoms with van der Waals surface area (Å²) in [5.41, 5.74) is 5.23. The average Bonchev–Trinajstić information content (AvgIpc) is 3.34. The van der Waals surface area contributed by atoms with Crippen molar-refractivity contribution in [3.63, 3.8) is 0 Å². The number of aromatic amines is 1. The van der Waals surface area contributed by atoms with Crippen molar-refractivity contribution in [3.8, 4) is 22.6 Å². The predicted molar refractivity (Wildman–Crippen MR) is 110 cm³/mol. The van der Waals surface area contributed by atoms with Gasteiger partial charge in [-0.3, -0.25) is 5.10 Å². The molecule has 2 aromatic carbocycles. The maximum Gasteiger partial charge on any atom is 0.163 e. The Balaban J connectivity index is 1.54. The summed E-state index contributed by atoms with van der Waals surface area (Å²) in [6.07, 6.45) is 2.17. The van der Waals surface area contributed by atoms with Crippen LogP contribution in [0, 0.1) is 12.7 Å². The molecule has 6 nitrogen and oxygen atoms in total. The van der Waals surface area contributed by atoms with Crippen molar-refractivity contribution in [2.24, 2.45) is 0 Å². The van der Waals surface area contributed by atoms with E-state index in [9.17, 15) is 9.50 Å². The van der Waals surface area contributed by atoms with Crippen LogP contribution in [-0.4, -0.2) is 44.5 Å². The lowest BCUT2D eigenvalue weighted by Crippen LogP contribution is -2.20. The highest BCUT2D eigenvalue weighted by Gasteiger charge is 2.21. The molecule has 7 heteroatoms. The van der Waals surface area contributed by atoms with Gasteiger partial charge in [-0.1, -0.05) is 24.3 Å². The number of aryl methyl sites for hydroxylation is 1. The highest BCUT2D eigenvalue weighted by atomic mass is 19.1. The molecular formula is C22H20FN5O. The molecule has 1 aliphatic rings. The largest absolute Gasteiger partial charge is 0.391 e. The summed E-state index contributed by atoms with van der Waals surface area (Å²) in [5, 5.41) is 17.1. The molecule has 0 aliphatic carbocycles. The molecule has 29 heavy (non-hydrogen) atoms. The van der Waals surface area contributed by atoms with Crippen molar-refractivity contribution in [2.45, 2.75) is 19.4 Å². The van der Waals surface area contributed by atoms with E-state index in [1.807, 2.05) is 37.3 Å². The molecule has 0 spiro atoms. The number of hydrogen-bond acceptors (Lipinski definition) is 5. The van der Waals surface area contributed by atoms with Crippen molar-refractivity contribution >= 4 is 16.7 Å². The van der Waals surface area contributed by atoms with Crippen molar-refractivity contribution in [1.29, 1.82) is 0 Å². The molecule has 1 saturated heterocycles. The van der Waals surface area contributed by atoms with Gasteiger partial charge < -0.3 is 10.0 Å². The molecule has 1 fully saturated rings. The molecule has 2 aromatic heterocycles. The molecule has 0 bridgehead atoms. The van der Waals surface area contributed by atoms with E-state index in [1.54, 1.807) is 12.3 Å². The van der Waals surface area contributed by atoms with E-state index in [0.29, 0.717) is 34.7 Å². The van der Waals surface area contributed by atoms with E-state index in [2.05, 4.69) is 25.1 Å². The van der Waals surface area contributed by atoms with Crippen LogP contribution in [0.4, 0.5) is 10.1 Å². The molecule has 0 amide bonds. The number of aromatic nitrogens is 4. The first-order chi connectivity index (χ1) is 14.1. The SMILES string of the molecule is Cc1cccc(F)c1-c1ncc2[nH]nc(-c3ccc(N4CCC(O)C4)cc3)c2n1. The standard InChI is InChI=1S/C22H20FN5O/c1-13-3-2-4-17(23)19(13)22-24-11-18-21(25-22)20(27-26-18)14-5-7-15(8-6-14)28-10-9-16(29)12-28/h2-8,11,16,29H,9-10,12H2,1H3,(H,26,27). The van der Waals surface area contributed by atoms with E-state index in [-0.39, 0.29) is 11.9 Å². The highest BCUT2D eigenvalue weighted by Crippen LogP contribution is 2.30. The fourth-order valence-corrected chi connectivity index (χ4v) is 3.86. The Morgan fingerprint density at radius 1 is 1.17 bits per heavy atom. The first-order valence-electron chi connectivity index (χ1n) is 9.60. The first kappa shape index (κ1) is 17.8. The zero-order valence-corrected chi connectivity index (χ0v) is 15.9. The third-order valence-electron chi connectivity index (χ3n) is 5.42. The molecule has 1 aliphatic heterocycles. The second kappa shape index (κ2) is 6.93. The highest BCUT2D eigenvalue weighted by molar-refractivity contribution is 5.90. The van der Waals surface area contributed by atoms with Crippen LogP contribution in [0.2, 0.25) is 0 Å². The Hall–Kier alpha value is -3.32. The Morgan fingerprint density at radius 2 is 2.00 bits per heavy atom. The number of anilines is 1. The van der Waals surface area contributed by atoms with E-state index in [0.717, 1.165) is 29.8 Å². The molecule has 3 heterocycles. The maximum absolute atomic E-state index is 14.4. The van der Waals surface area contributed by atoms with Gasteiger partial charge in [0.25, 0.3) is 0 Å². The molecule has 2 N–H and O–H groups in total. The summed E-state index contributed by atoms with van der Waals surface area (Å²) in [4.78, 5) is 11.1. The van der Waals surface area contributed by atoms with Crippen LogP contribution in [0.3, 0.4) is 0 Å². The quantitative estimate of drug-likeness (QED) is 0.559. The molecule has 146 valence electrons. The van der Waals surface area contributed by atoms with Crippen molar-refractivity contribution in [3.05, 3.63) is 60.0 Å².